The number of hydrogen-bond donors (Lipinski definition) is 2. The van der Waals surface area contributed by atoms with Gasteiger partial charge < -0.3 is 10.4 Å². The van der Waals surface area contributed by atoms with Gasteiger partial charge in [-0.3, -0.25) is 0 Å². The Morgan fingerprint density at radius 2 is 1.82 bits per heavy atom. The summed E-state index contributed by atoms with van der Waals surface area (Å²) in [6, 6.07) is 4.85. The molecule has 0 aliphatic heterocycles. The summed E-state index contributed by atoms with van der Waals surface area (Å²) in [5.41, 5.74) is 5.43. The van der Waals surface area contributed by atoms with Crippen LogP contribution >= 0.6 is 11.8 Å². The van der Waals surface area contributed by atoms with Crippen LogP contribution in [-0.4, -0.2) is 30.3 Å². The molecule has 3 heteroatoms. The molecule has 0 saturated carbocycles. The van der Waals surface area contributed by atoms with Gasteiger partial charge in [-0.2, -0.15) is 11.8 Å². The van der Waals surface area contributed by atoms with Crippen molar-refractivity contribution in [3.63, 3.8) is 0 Å². The zero-order valence-electron chi connectivity index (χ0n) is 11.2. The van der Waals surface area contributed by atoms with E-state index < -0.39 is 0 Å². The Hall–Kier alpha value is -0.510. The lowest BCUT2D eigenvalue weighted by Crippen LogP contribution is -2.21. The molecule has 2 N–H and O–H groups in total. The van der Waals surface area contributed by atoms with Gasteiger partial charge in [-0.15, -0.1) is 0 Å². The van der Waals surface area contributed by atoms with E-state index in [1.807, 2.05) is 7.05 Å². The average Bonchev–Trinajstić information content (AvgIpc) is 2.25. The van der Waals surface area contributed by atoms with Crippen LogP contribution in [0.4, 0.5) is 0 Å². The van der Waals surface area contributed by atoms with Crippen molar-refractivity contribution < 1.29 is 5.11 Å². The van der Waals surface area contributed by atoms with Gasteiger partial charge in [0.25, 0.3) is 0 Å². The van der Waals surface area contributed by atoms with Crippen LogP contribution in [0, 0.1) is 20.8 Å². The molecular weight excluding hydrogens is 230 g/mol. The van der Waals surface area contributed by atoms with Gasteiger partial charge >= 0.3 is 0 Å². The summed E-state index contributed by atoms with van der Waals surface area (Å²) in [6.07, 6.45) is 0. The SMILES string of the molecule is CNC(CSCCO)c1c(C)cc(C)cc1C. The predicted octanol–water partition coefficient (Wildman–Crippen LogP) is 2.60. The average molecular weight is 253 g/mol. The zero-order valence-corrected chi connectivity index (χ0v) is 12.0. The van der Waals surface area contributed by atoms with Crippen LogP contribution in [0.2, 0.25) is 0 Å². The lowest BCUT2D eigenvalue weighted by Gasteiger charge is -2.21. The van der Waals surface area contributed by atoms with Gasteiger partial charge in [-0.25, -0.2) is 0 Å². The number of benzene rings is 1. The van der Waals surface area contributed by atoms with E-state index in [4.69, 9.17) is 5.11 Å². The monoisotopic (exact) mass is 253 g/mol. The van der Waals surface area contributed by atoms with Gasteiger partial charge in [0.05, 0.1) is 6.61 Å². The van der Waals surface area contributed by atoms with Crippen molar-refractivity contribution in [2.45, 2.75) is 26.8 Å². The Morgan fingerprint density at radius 1 is 1.24 bits per heavy atom. The minimum absolute atomic E-state index is 0.257. The second kappa shape index (κ2) is 7.04. The van der Waals surface area contributed by atoms with Crippen LogP contribution in [0.5, 0.6) is 0 Å². The molecular formula is C14H23NOS. The first-order valence-corrected chi connectivity index (χ1v) is 7.19. The number of rotatable bonds is 6. The number of nitrogens with one attached hydrogen (secondary N) is 1. The minimum Gasteiger partial charge on any atom is -0.396 e. The fraction of sp³-hybridized carbons (Fsp3) is 0.571. The normalized spacial score (nSPS) is 12.8. The topological polar surface area (TPSA) is 32.3 Å². The molecule has 0 saturated heterocycles. The summed E-state index contributed by atoms with van der Waals surface area (Å²) in [6.45, 7) is 6.75. The van der Waals surface area contributed by atoms with E-state index in [0.29, 0.717) is 6.04 Å². The van der Waals surface area contributed by atoms with Crippen LogP contribution in [-0.2, 0) is 0 Å². The molecule has 17 heavy (non-hydrogen) atoms. The number of hydrogen-bond acceptors (Lipinski definition) is 3. The molecule has 1 aromatic rings. The quantitative estimate of drug-likeness (QED) is 0.764. The maximum atomic E-state index is 8.83. The van der Waals surface area contributed by atoms with Crippen molar-refractivity contribution in [3.05, 3.63) is 34.4 Å². The summed E-state index contributed by atoms with van der Waals surface area (Å²) in [5, 5.41) is 12.2. The second-order valence-corrected chi connectivity index (χ2v) is 5.60. The third-order valence-corrected chi connectivity index (χ3v) is 4.00. The van der Waals surface area contributed by atoms with E-state index >= 15 is 0 Å². The minimum atomic E-state index is 0.257. The molecule has 0 bridgehead atoms. The van der Waals surface area contributed by atoms with Crippen LogP contribution in [0.1, 0.15) is 28.3 Å². The van der Waals surface area contributed by atoms with Crippen LogP contribution in [0.15, 0.2) is 12.1 Å². The second-order valence-electron chi connectivity index (χ2n) is 4.45. The lowest BCUT2D eigenvalue weighted by atomic mass is 9.95. The van der Waals surface area contributed by atoms with E-state index in [9.17, 15) is 0 Å². The lowest BCUT2D eigenvalue weighted by molar-refractivity contribution is 0.322. The highest BCUT2D eigenvalue weighted by molar-refractivity contribution is 7.99. The molecule has 0 aliphatic rings. The van der Waals surface area contributed by atoms with Crippen molar-refractivity contribution in [1.29, 1.82) is 0 Å². The summed E-state index contributed by atoms with van der Waals surface area (Å²) < 4.78 is 0. The molecule has 1 atom stereocenters. The highest BCUT2D eigenvalue weighted by Gasteiger charge is 2.14. The molecule has 1 aromatic carbocycles. The summed E-state index contributed by atoms with van der Waals surface area (Å²) >= 11 is 1.79. The van der Waals surface area contributed by atoms with Crippen LogP contribution in [0.3, 0.4) is 0 Å². The van der Waals surface area contributed by atoms with Crippen molar-refractivity contribution >= 4 is 11.8 Å². The highest BCUT2D eigenvalue weighted by Crippen LogP contribution is 2.26. The van der Waals surface area contributed by atoms with Gasteiger partial charge in [0, 0.05) is 17.5 Å². The number of aliphatic hydroxyl groups excluding tert-OH is 1. The zero-order chi connectivity index (χ0) is 12.8. The Morgan fingerprint density at radius 3 is 2.29 bits per heavy atom. The first-order valence-electron chi connectivity index (χ1n) is 6.03. The maximum Gasteiger partial charge on any atom is 0.0521 e. The highest BCUT2D eigenvalue weighted by atomic mass is 32.2. The van der Waals surface area contributed by atoms with E-state index in [1.165, 1.54) is 22.3 Å². The third-order valence-electron chi connectivity index (χ3n) is 2.96. The van der Waals surface area contributed by atoms with Crippen molar-refractivity contribution in [2.24, 2.45) is 0 Å². The smallest absolute Gasteiger partial charge is 0.0521 e. The van der Waals surface area contributed by atoms with Gasteiger partial charge in [0.1, 0.15) is 0 Å². The summed E-state index contributed by atoms with van der Waals surface area (Å²) in [4.78, 5) is 0. The van der Waals surface area contributed by atoms with Gasteiger partial charge in [0.2, 0.25) is 0 Å². The molecule has 96 valence electrons. The van der Waals surface area contributed by atoms with Crippen LogP contribution in [0.25, 0.3) is 0 Å². The number of thioether (sulfide) groups is 1. The fourth-order valence-electron chi connectivity index (χ4n) is 2.32. The first kappa shape index (κ1) is 14.6. The molecule has 1 rings (SSSR count). The molecule has 2 nitrogen and oxygen atoms in total. The van der Waals surface area contributed by atoms with Gasteiger partial charge in [0.15, 0.2) is 0 Å². The Balaban J connectivity index is 2.87. The van der Waals surface area contributed by atoms with E-state index in [2.05, 4.69) is 38.2 Å². The van der Waals surface area contributed by atoms with E-state index in [-0.39, 0.29) is 6.61 Å². The fourth-order valence-corrected chi connectivity index (χ4v) is 3.18. The maximum absolute atomic E-state index is 8.83. The van der Waals surface area contributed by atoms with Crippen molar-refractivity contribution in [1.82, 2.24) is 5.32 Å². The predicted molar refractivity (Wildman–Crippen MR) is 76.9 cm³/mol. The van der Waals surface area contributed by atoms with Gasteiger partial charge in [-0.05, 0) is 44.5 Å². The standard InChI is InChI=1S/C14H23NOS/c1-10-7-11(2)14(12(3)8-10)13(15-4)9-17-6-5-16/h7-8,13,15-16H,5-6,9H2,1-4H3. The van der Waals surface area contributed by atoms with Crippen molar-refractivity contribution in [3.8, 4) is 0 Å². The Kier molecular flexibility index (Phi) is 6.03. The van der Waals surface area contributed by atoms with E-state index in [0.717, 1.165) is 11.5 Å². The van der Waals surface area contributed by atoms with Gasteiger partial charge in [-0.1, -0.05) is 17.7 Å². The third kappa shape index (κ3) is 4.02. The molecule has 0 radical (unpaired) electrons. The van der Waals surface area contributed by atoms with Crippen molar-refractivity contribution in [2.75, 3.05) is 25.2 Å². The molecule has 0 heterocycles. The van der Waals surface area contributed by atoms with E-state index in [1.54, 1.807) is 11.8 Å². The molecule has 1 unspecified atom stereocenters. The molecule has 0 fully saturated rings. The summed E-state index contributed by atoms with van der Waals surface area (Å²) in [7, 11) is 2.00. The molecule has 0 aliphatic carbocycles. The van der Waals surface area contributed by atoms with Crippen LogP contribution < -0.4 is 5.32 Å². The Bertz CT molecular complexity index is 342. The molecule has 0 amide bonds. The molecule has 0 aromatic heterocycles. The summed E-state index contributed by atoms with van der Waals surface area (Å²) in [5.74, 6) is 1.81. The number of aryl methyl sites for hydroxylation is 3. The first-order chi connectivity index (χ1) is 8.10. The number of aliphatic hydroxyl groups is 1. The molecule has 0 spiro atoms. The largest absolute Gasteiger partial charge is 0.396 e. The Labute approximate surface area is 109 Å².